The van der Waals surface area contributed by atoms with Crippen molar-refractivity contribution < 1.29 is 14.6 Å². The van der Waals surface area contributed by atoms with Gasteiger partial charge in [-0.3, -0.25) is 4.90 Å². The van der Waals surface area contributed by atoms with Gasteiger partial charge >= 0.3 is 0 Å². The molecule has 5 heterocycles. The van der Waals surface area contributed by atoms with Crippen LogP contribution in [0.2, 0.25) is 0 Å². The quantitative estimate of drug-likeness (QED) is 0.538. The van der Waals surface area contributed by atoms with E-state index in [1.54, 1.807) is 17.7 Å². The van der Waals surface area contributed by atoms with Crippen LogP contribution in [-0.2, 0) is 16.0 Å². The molecule has 0 spiro atoms. The van der Waals surface area contributed by atoms with Gasteiger partial charge in [0, 0.05) is 68.2 Å². The number of hydrogen-bond acceptors (Lipinski definition) is 10. The van der Waals surface area contributed by atoms with Crippen LogP contribution in [0.5, 0.6) is 0 Å². The molecule has 3 aromatic rings. The maximum Gasteiger partial charge on any atom is 0.139 e. The molecule has 0 bridgehead atoms. The maximum atomic E-state index is 11.3. The van der Waals surface area contributed by atoms with Crippen molar-refractivity contribution in [3.05, 3.63) is 40.6 Å². The number of hydrogen-bond donors (Lipinski definition) is 1. The number of aromatic nitrogens is 3. The average molecular weight is 511 g/mol. The van der Waals surface area contributed by atoms with Crippen LogP contribution < -0.4 is 9.80 Å². The lowest BCUT2D eigenvalue weighted by atomic mass is 9.92. The zero-order valence-electron chi connectivity index (χ0n) is 20.6. The van der Waals surface area contributed by atoms with E-state index in [9.17, 15) is 5.11 Å². The molecule has 10 heteroatoms. The Morgan fingerprint density at radius 1 is 1.00 bits per heavy atom. The van der Waals surface area contributed by atoms with Gasteiger partial charge in [0.2, 0.25) is 0 Å². The van der Waals surface area contributed by atoms with Crippen molar-refractivity contribution in [3.8, 4) is 0 Å². The number of rotatable bonds is 6. The molecule has 6 rings (SSSR count). The van der Waals surface area contributed by atoms with Crippen LogP contribution in [0.15, 0.2) is 29.9 Å². The number of aliphatic hydroxyl groups is 1. The van der Waals surface area contributed by atoms with Gasteiger partial charge in [0.1, 0.15) is 23.3 Å². The first-order valence-corrected chi connectivity index (χ1v) is 13.9. The number of thiazole rings is 1. The molecule has 0 aliphatic carbocycles. The predicted molar refractivity (Wildman–Crippen MR) is 141 cm³/mol. The fourth-order valence-electron chi connectivity index (χ4n) is 5.48. The molecule has 192 valence electrons. The molecule has 0 radical (unpaired) electrons. The third-order valence-corrected chi connectivity index (χ3v) is 8.46. The minimum absolute atomic E-state index is 0.124. The number of nitrogens with zero attached hydrogens (tertiary/aromatic N) is 6. The van der Waals surface area contributed by atoms with Gasteiger partial charge in [-0.15, -0.1) is 11.3 Å². The molecule has 2 aromatic heterocycles. The summed E-state index contributed by atoms with van der Waals surface area (Å²) >= 11 is 1.58. The van der Waals surface area contributed by atoms with Crippen molar-refractivity contribution in [3.63, 3.8) is 0 Å². The van der Waals surface area contributed by atoms with E-state index in [0.717, 1.165) is 113 Å². The van der Waals surface area contributed by atoms with Gasteiger partial charge in [0.05, 0.1) is 37.6 Å². The van der Waals surface area contributed by atoms with E-state index in [0.29, 0.717) is 0 Å². The first-order valence-electron chi connectivity index (χ1n) is 13.0. The first kappa shape index (κ1) is 24.0. The van der Waals surface area contributed by atoms with Crippen LogP contribution in [0.4, 0.5) is 11.5 Å². The van der Waals surface area contributed by atoms with Crippen molar-refractivity contribution in [1.29, 1.82) is 0 Å². The van der Waals surface area contributed by atoms with E-state index in [1.807, 2.05) is 0 Å². The number of ether oxygens (including phenoxy) is 2. The van der Waals surface area contributed by atoms with Crippen molar-refractivity contribution in [2.75, 3.05) is 75.5 Å². The van der Waals surface area contributed by atoms with E-state index >= 15 is 0 Å². The van der Waals surface area contributed by atoms with Gasteiger partial charge in [0.15, 0.2) is 0 Å². The lowest BCUT2D eigenvalue weighted by Crippen LogP contribution is -2.38. The number of aliphatic hydroxyl groups excluding tert-OH is 1. The Labute approximate surface area is 215 Å². The van der Waals surface area contributed by atoms with Gasteiger partial charge in [-0.25, -0.2) is 15.0 Å². The second kappa shape index (κ2) is 10.9. The average Bonchev–Trinajstić information content (AvgIpc) is 3.41. The molecule has 2 atom stereocenters. The van der Waals surface area contributed by atoms with E-state index < -0.39 is 6.10 Å². The van der Waals surface area contributed by atoms with Crippen LogP contribution in [0.25, 0.3) is 10.9 Å². The highest BCUT2D eigenvalue weighted by atomic mass is 32.1. The molecule has 1 N–H and O–H groups in total. The Hall–Kier alpha value is -2.37. The lowest BCUT2D eigenvalue weighted by Gasteiger charge is -2.35. The zero-order chi connectivity index (χ0) is 24.3. The van der Waals surface area contributed by atoms with Crippen molar-refractivity contribution >= 4 is 33.7 Å². The highest BCUT2D eigenvalue weighted by Crippen LogP contribution is 2.35. The fourth-order valence-corrected chi connectivity index (χ4v) is 6.37. The van der Waals surface area contributed by atoms with E-state index in [-0.39, 0.29) is 5.92 Å². The summed E-state index contributed by atoms with van der Waals surface area (Å²) in [4.78, 5) is 21.1. The topological polar surface area (TPSA) is 87.1 Å². The summed E-state index contributed by atoms with van der Waals surface area (Å²) in [5, 5.41) is 15.2. The smallest absolute Gasteiger partial charge is 0.139 e. The number of benzene rings is 1. The van der Waals surface area contributed by atoms with Crippen molar-refractivity contribution in [2.45, 2.75) is 25.5 Å². The molecular formula is C26H34N6O3S. The summed E-state index contributed by atoms with van der Waals surface area (Å²) in [5.41, 5.74) is 3.18. The van der Waals surface area contributed by atoms with E-state index in [4.69, 9.17) is 14.5 Å². The monoisotopic (exact) mass is 510 g/mol. The molecular weight excluding hydrogens is 476 g/mol. The second-order valence-corrected chi connectivity index (χ2v) is 10.7. The number of piperidine rings is 1. The standard InChI is InChI=1S/C26H34N6O3S/c33-24(26-29-20(17-36-26)16-30-6-10-34-11-7-30)19-2-1-5-32(15-19)25-22-4-3-21(14-23(22)27-18-28-25)31-8-12-35-13-9-31/h3-4,14,17-19,24,33H,1-2,5-13,15-16H2. The first-order chi connectivity index (χ1) is 17.7. The van der Waals surface area contributed by atoms with Crippen LogP contribution in [0, 0.1) is 5.92 Å². The predicted octanol–water partition coefficient (Wildman–Crippen LogP) is 2.71. The van der Waals surface area contributed by atoms with Crippen LogP contribution in [0.1, 0.15) is 29.6 Å². The Morgan fingerprint density at radius 3 is 2.64 bits per heavy atom. The molecule has 3 saturated heterocycles. The molecule has 3 aliphatic rings. The Bertz CT molecular complexity index is 1160. The fraction of sp³-hybridized carbons (Fsp3) is 0.577. The van der Waals surface area contributed by atoms with Crippen molar-refractivity contribution in [1.82, 2.24) is 19.9 Å². The second-order valence-electron chi connectivity index (χ2n) is 9.86. The summed E-state index contributed by atoms with van der Waals surface area (Å²) in [6.07, 6.45) is 3.11. The number of anilines is 2. The lowest BCUT2D eigenvalue weighted by molar-refractivity contribution is 0.0336. The van der Waals surface area contributed by atoms with E-state index in [2.05, 4.69) is 48.2 Å². The summed E-state index contributed by atoms with van der Waals surface area (Å²) in [6, 6.07) is 6.48. The molecule has 3 aliphatic heterocycles. The summed E-state index contributed by atoms with van der Waals surface area (Å²) < 4.78 is 10.9. The molecule has 0 amide bonds. The van der Waals surface area contributed by atoms with Gasteiger partial charge in [0.25, 0.3) is 0 Å². The molecule has 2 unspecified atom stereocenters. The SMILES string of the molecule is OC(c1nc(CN2CCOCC2)cs1)C1CCCN(c2ncnc3cc(N4CCOCC4)ccc23)C1. The highest BCUT2D eigenvalue weighted by Gasteiger charge is 2.30. The van der Waals surface area contributed by atoms with Gasteiger partial charge in [-0.2, -0.15) is 0 Å². The van der Waals surface area contributed by atoms with Crippen molar-refractivity contribution in [2.24, 2.45) is 5.92 Å². The Kier molecular flexibility index (Phi) is 7.29. The Balaban J connectivity index is 1.16. The molecule has 0 saturated carbocycles. The maximum absolute atomic E-state index is 11.3. The Morgan fingerprint density at radius 2 is 1.81 bits per heavy atom. The number of morpholine rings is 2. The molecule has 9 nitrogen and oxygen atoms in total. The largest absolute Gasteiger partial charge is 0.386 e. The summed E-state index contributed by atoms with van der Waals surface area (Å²) in [5.74, 6) is 1.08. The molecule has 36 heavy (non-hydrogen) atoms. The van der Waals surface area contributed by atoms with Crippen LogP contribution >= 0.6 is 11.3 Å². The minimum Gasteiger partial charge on any atom is -0.386 e. The van der Waals surface area contributed by atoms with Gasteiger partial charge in [-0.05, 0) is 31.0 Å². The summed E-state index contributed by atoms with van der Waals surface area (Å²) in [6.45, 7) is 9.28. The van der Waals surface area contributed by atoms with Gasteiger partial charge in [-0.1, -0.05) is 0 Å². The van der Waals surface area contributed by atoms with E-state index in [1.165, 1.54) is 5.69 Å². The normalized spacial score (nSPS) is 22.8. The third kappa shape index (κ3) is 5.19. The zero-order valence-corrected chi connectivity index (χ0v) is 21.4. The molecule has 1 aromatic carbocycles. The van der Waals surface area contributed by atoms with Crippen LogP contribution in [0.3, 0.4) is 0 Å². The molecule has 3 fully saturated rings. The van der Waals surface area contributed by atoms with Gasteiger partial charge < -0.3 is 24.4 Å². The van der Waals surface area contributed by atoms with Crippen LogP contribution in [-0.4, -0.2) is 90.7 Å². The highest BCUT2D eigenvalue weighted by molar-refractivity contribution is 7.09. The minimum atomic E-state index is -0.558. The third-order valence-electron chi connectivity index (χ3n) is 7.49. The summed E-state index contributed by atoms with van der Waals surface area (Å²) in [7, 11) is 0. The number of fused-ring (bicyclic) bond motifs is 1.